The van der Waals surface area contributed by atoms with Crippen molar-refractivity contribution in [1.29, 1.82) is 0 Å². The zero-order valence-corrected chi connectivity index (χ0v) is 16.4. The van der Waals surface area contributed by atoms with Gasteiger partial charge in [0.1, 0.15) is 11.4 Å². The average Bonchev–Trinajstić information content (AvgIpc) is 3.34. The third-order valence-corrected chi connectivity index (χ3v) is 5.62. The first-order valence-corrected chi connectivity index (χ1v) is 10.1. The molecule has 144 valence electrons. The van der Waals surface area contributed by atoms with Crippen molar-refractivity contribution >= 4 is 28.8 Å². The van der Waals surface area contributed by atoms with Gasteiger partial charge in [-0.15, -0.1) is 0 Å². The molecule has 0 fully saturated rings. The number of rotatable bonds is 4. The van der Waals surface area contributed by atoms with Gasteiger partial charge in [-0.3, -0.25) is 9.59 Å². The highest BCUT2D eigenvalue weighted by molar-refractivity contribution is 7.08. The quantitative estimate of drug-likeness (QED) is 0.735. The van der Waals surface area contributed by atoms with E-state index in [1.807, 2.05) is 62.7 Å². The van der Waals surface area contributed by atoms with Crippen molar-refractivity contribution in [2.75, 3.05) is 25.5 Å². The number of thiophene rings is 1. The number of nitrogens with zero attached hydrogens (tertiary/aromatic N) is 2. The Labute approximate surface area is 167 Å². The Morgan fingerprint density at radius 2 is 1.86 bits per heavy atom. The molecule has 0 atom stereocenters. The van der Waals surface area contributed by atoms with E-state index in [9.17, 15) is 9.59 Å². The maximum Gasteiger partial charge on any atom is 0.272 e. The second-order valence-electron chi connectivity index (χ2n) is 6.60. The van der Waals surface area contributed by atoms with Crippen LogP contribution in [0.2, 0.25) is 0 Å². The molecule has 4 rings (SSSR count). The molecule has 0 saturated heterocycles. The Hall–Kier alpha value is -3.06. The topological polar surface area (TPSA) is 63.6 Å². The van der Waals surface area contributed by atoms with E-state index in [0.29, 0.717) is 31.0 Å². The number of fused-ring (bicyclic) bond motifs is 1. The zero-order chi connectivity index (χ0) is 19.5. The lowest BCUT2D eigenvalue weighted by Crippen LogP contribution is -2.33. The van der Waals surface area contributed by atoms with Crippen LogP contribution in [0.5, 0.6) is 5.75 Å². The number of hydrogen-bond donors (Lipinski definition) is 1. The number of anilines is 1. The molecule has 6 nitrogen and oxygen atoms in total. The molecule has 1 aromatic carbocycles. The van der Waals surface area contributed by atoms with Crippen molar-refractivity contribution in [3.63, 3.8) is 0 Å². The molecule has 0 bridgehead atoms. The third kappa shape index (κ3) is 3.66. The number of nitrogens with one attached hydrogen (secondary N) is 1. The van der Waals surface area contributed by atoms with Gasteiger partial charge in [-0.1, -0.05) is 0 Å². The van der Waals surface area contributed by atoms with Gasteiger partial charge in [0.2, 0.25) is 0 Å². The molecule has 2 amide bonds. The van der Waals surface area contributed by atoms with Gasteiger partial charge in [0.15, 0.2) is 0 Å². The lowest BCUT2D eigenvalue weighted by atomic mass is 10.2. The van der Waals surface area contributed by atoms with Gasteiger partial charge in [0.25, 0.3) is 11.8 Å². The van der Waals surface area contributed by atoms with Crippen LogP contribution in [0.4, 0.5) is 5.69 Å². The van der Waals surface area contributed by atoms with E-state index >= 15 is 0 Å². The summed E-state index contributed by atoms with van der Waals surface area (Å²) in [5.74, 6) is 0.634. The van der Waals surface area contributed by atoms with Crippen molar-refractivity contribution in [3.05, 3.63) is 70.2 Å². The second kappa shape index (κ2) is 7.90. The lowest BCUT2D eigenvalue weighted by molar-refractivity contribution is 0.0759. The summed E-state index contributed by atoms with van der Waals surface area (Å²) in [4.78, 5) is 27.3. The lowest BCUT2D eigenvalue weighted by Gasteiger charge is -2.19. The van der Waals surface area contributed by atoms with E-state index in [0.717, 1.165) is 23.4 Å². The number of benzene rings is 1. The molecule has 0 spiro atoms. The molecule has 1 aliphatic heterocycles. The monoisotopic (exact) mass is 395 g/mol. The predicted octanol–water partition coefficient (Wildman–Crippen LogP) is 3.51. The van der Waals surface area contributed by atoms with Crippen LogP contribution in [-0.2, 0) is 13.0 Å². The van der Waals surface area contributed by atoms with Gasteiger partial charge in [0, 0.05) is 42.8 Å². The van der Waals surface area contributed by atoms with Crippen LogP contribution in [0.3, 0.4) is 0 Å². The van der Waals surface area contributed by atoms with Gasteiger partial charge < -0.3 is 19.5 Å². The Bertz CT molecular complexity index is 977. The van der Waals surface area contributed by atoms with Gasteiger partial charge in [0.05, 0.1) is 12.7 Å². The van der Waals surface area contributed by atoms with Crippen molar-refractivity contribution in [2.45, 2.75) is 13.0 Å². The van der Waals surface area contributed by atoms with Crippen LogP contribution in [0.25, 0.3) is 0 Å². The summed E-state index contributed by atoms with van der Waals surface area (Å²) in [7, 11) is 1.61. The molecule has 7 heteroatoms. The first-order chi connectivity index (χ1) is 13.7. The highest BCUT2D eigenvalue weighted by Crippen LogP contribution is 2.20. The molecule has 1 aliphatic rings. The number of carbonyl (C=O) groups excluding carboxylic acids is 2. The second-order valence-corrected chi connectivity index (χ2v) is 7.38. The van der Waals surface area contributed by atoms with Gasteiger partial charge >= 0.3 is 0 Å². The number of hydrogen-bond acceptors (Lipinski definition) is 4. The van der Waals surface area contributed by atoms with Gasteiger partial charge in [-0.2, -0.15) is 11.3 Å². The van der Waals surface area contributed by atoms with Crippen LogP contribution in [-0.4, -0.2) is 41.5 Å². The minimum atomic E-state index is -0.158. The van der Waals surface area contributed by atoms with Gasteiger partial charge in [-0.05, 0) is 47.8 Å². The largest absolute Gasteiger partial charge is 0.497 e. The van der Waals surface area contributed by atoms with Crippen molar-refractivity contribution in [2.24, 2.45) is 0 Å². The van der Waals surface area contributed by atoms with Crippen molar-refractivity contribution < 1.29 is 14.3 Å². The van der Waals surface area contributed by atoms with Crippen molar-refractivity contribution in [3.8, 4) is 5.75 Å². The Morgan fingerprint density at radius 3 is 2.57 bits per heavy atom. The number of carbonyl (C=O) groups is 2. The fourth-order valence-corrected chi connectivity index (χ4v) is 4.04. The van der Waals surface area contributed by atoms with Crippen LogP contribution in [0, 0.1) is 0 Å². The highest BCUT2D eigenvalue weighted by Gasteiger charge is 2.23. The molecule has 3 heterocycles. The molecule has 0 radical (unpaired) electrons. The summed E-state index contributed by atoms with van der Waals surface area (Å²) in [5.41, 5.74) is 3.12. The van der Waals surface area contributed by atoms with E-state index in [2.05, 4.69) is 5.32 Å². The maximum absolute atomic E-state index is 12.8. The summed E-state index contributed by atoms with van der Waals surface area (Å²) in [6, 6.07) is 12.9. The van der Waals surface area contributed by atoms with Crippen LogP contribution < -0.4 is 10.1 Å². The molecular formula is C21H21N3O3S. The van der Waals surface area contributed by atoms with E-state index in [4.69, 9.17) is 4.74 Å². The molecule has 2 aromatic heterocycles. The van der Waals surface area contributed by atoms with E-state index < -0.39 is 0 Å². The minimum absolute atomic E-state index is 0.0521. The fourth-order valence-electron chi connectivity index (χ4n) is 3.41. The number of amides is 2. The van der Waals surface area contributed by atoms with Crippen molar-refractivity contribution in [1.82, 2.24) is 9.47 Å². The minimum Gasteiger partial charge on any atom is -0.497 e. The zero-order valence-electron chi connectivity index (χ0n) is 15.6. The SMILES string of the molecule is COc1ccc(NC(=O)c2ccc3n2CCN(C(=O)c2ccsc2)CC3)cc1. The molecule has 0 aliphatic carbocycles. The standard InChI is InChI=1S/C21H21N3O3S/c1-27-18-5-2-16(3-6-18)22-20(25)19-7-4-17-8-10-23(11-12-24(17)19)21(26)15-9-13-28-14-15/h2-7,9,13-14H,8,10-12H2,1H3,(H,22,25). The molecule has 3 aromatic rings. The van der Waals surface area contributed by atoms with E-state index in [-0.39, 0.29) is 11.8 Å². The number of methoxy groups -OCH3 is 1. The van der Waals surface area contributed by atoms with Crippen LogP contribution >= 0.6 is 11.3 Å². The Morgan fingerprint density at radius 1 is 1.04 bits per heavy atom. The molecule has 28 heavy (non-hydrogen) atoms. The van der Waals surface area contributed by atoms with Gasteiger partial charge in [-0.25, -0.2) is 0 Å². The smallest absolute Gasteiger partial charge is 0.272 e. The fraction of sp³-hybridized carbons (Fsp3) is 0.238. The summed E-state index contributed by atoms with van der Waals surface area (Å²) < 4.78 is 7.16. The first kappa shape index (κ1) is 18.3. The average molecular weight is 395 g/mol. The van der Waals surface area contributed by atoms with E-state index in [1.54, 1.807) is 7.11 Å². The maximum atomic E-state index is 12.8. The number of ether oxygens (including phenoxy) is 1. The molecule has 0 unspecified atom stereocenters. The normalized spacial score (nSPS) is 13.5. The molecule has 0 saturated carbocycles. The Balaban J connectivity index is 1.47. The predicted molar refractivity (Wildman–Crippen MR) is 109 cm³/mol. The summed E-state index contributed by atoms with van der Waals surface area (Å²) >= 11 is 1.52. The molecule has 1 N–H and O–H groups in total. The van der Waals surface area contributed by atoms with Crippen LogP contribution in [0.1, 0.15) is 26.5 Å². The van der Waals surface area contributed by atoms with E-state index in [1.165, 1.54) is 11.3 Å². The third-order valence-electron chi connectivity index (χ3n) is 4.94. The van der Waals surface area contributed by atoms with Crippen LogP contribution in [0.15, 0.2) is 53.2 Å². The summed E-state index contributed by atoms with van der Waals surface area (Å²) in [5, 5.41) is 6.72. The highest BCUT2D eigenvalue weighted by atomic mass is 32.1. The summed E-state index contributed by atoms with van der Waals surface area (Å²) in [6.45, 7) is 1.83. The first-order valence-electron chi connectivity index (χ1n) is 9.11. The Kier molecular flexibility index (Phi) is 5.16. The summed E-state index contributed by atoms with van der Waals surface area (Å²) in [6.07, 6.45) is 0.728. The molecular weight excluding hydrogens is 374 g/mol. The number of aromatic nitrogens is 1.